The van der Waals surface area contributed by atoms with Crippen molar-refractivity contribution in [3.8, 4) is 5.75 Å². The third-order valence-corrected chi connectivity index (χ3v) is 3.93. The normalized spacial score (nSPS) is 17.4. The first-order valence-corrected chi connectivity index (χ1v) is 6.93. The van der Waals surface area contributed by atoms with Crippen molar-refractivity contribution in [2.45, 2.75) is 32.6 Å². The minimum absolute atomic E-state index is 0.208. The van der Waals surface area contributed by atoms with Crippen LogP contribution in [-0.4, -0.2) is 26.1 Å². The Hall–Kier alpha value is -1.35. The molecule has 0 heterocycles. The maximum Gasteiger partial charge on any atom is 0.172 e. The van der Waals surface area contributed by atoms with Gasteiger partial charge < -0.3 is 9.47 Å². The van der Waals surface area contributed by atoms with Gasteiger partial charge in [-0.2, -0.15) is 0 Å². The largest absolute Gasteiger partial charge is 0.490 e. The van der Waals surface area contributed by atoms with Gasteiger partial charge in [0.1, 0.15) is 12.4 Å². The SMILES string of the molecule is COCCOc1ccccc1C(=O)C1(C)CCCC1. The summed E-state index contributed by atoms with van der Waals surface area (Å²) in [6, 6.07) is 7.53. The van der Waals surface area contributed by atoms with Crippen LogP contribution in [0.5, 0.6) is 5.75 Å². The molecular weight excluding hydrogens is 240 g/mol. The third kappa shape index (κ3) is 3.16. The lowest BCUT2D eigenvalue weighted by Crippen LogP contribution is -2.25. The van der Waals surface area contributed by atoms with Crippen LogP contribution in [0.2, 0.25) is 0 Å². The van der Waals surface area contributed by atoms with Crippen molar-refractivity contribution < 1.29 is 14.3 Å². The minimum atomic E-state index is -0.208. The number of ether oxygens (including phenoxy) is 2. The zero-order valence-corrected chi connectivity index (χ0v) is 11.8. The number of para-hydroxylation sites is 1. The molecule has 0 spiro atoms. The van der Waals surface area contributed by atoms with Gasteiger partial charge in [-0.25, -0.2) is 0 Å². The van der Waals surface area contributed by atoms with E-state index in [1.165, 1.54) is 0 Å². The highest BCUT2D eigenvalue weighted by Gasteiger charge is 2.37. The van der Waals surface area contributed by atoms with E-state index in [1.807, 2.05) is 24.3 Å². The summed E-state index contributed by atoms with van der Waals surface area (Å²) >= 11 is 0. The molecule has 0 bridgehead atoms. The molecule has 0 unspecified atom stereocenters. The lowest BCUT2D eigenvalue weighted by atomic mass is 9.80. The number of carbonyl (C=O) groups is 1. The smallest absolute Gasteiger partial charge is 0.172 e. The van der Waals surface area contributed by atoms with Crippen molar-refractivity contribution in [1.29, 1.82) is 0 Å². The van der Waals surface area contributed by atoms with E-state index >= 15 is 0 Å². The van der Waals surface area contributed by atoms with E-state index in [-0.39, 0.29) is 11.2 Å². The fraction of sp³-hybridized carbons (Fsp3) is 0.562. The second-order valence-electron chi connectivity index (χ2n) is 5.43. The number of benzene rings is 1. The molecule has 104 valence electrons. The molecule has 0 saturated heterocycles. The number of ketones is 1. The lowest BCUT2D eigenvalue weighted by molar-refractivity contribution is 0.0816. The highest BCUT2D eigenvalue weighted by atomic mass is 16.5. The molecule has 1 saturated carbocycles. The molecule has 1 aliphatic carbocycles. The van der Waals surface area contributed by atoms with Crippen LogP contribution in [0.1, 0.15) is 43.0 Å². The van der Waals surface area contributed by atoms with Crippen molar-refractivity contribution in [3.05, 3.63) is 29.8 Å². The van der Waals surface area contributed by atoms with Crippen LogP contribution in [-0.2, 0) is 4.74 Å². The Bertz CT molecular complexity index is 433. The van der Waals surface area contributed by atoms with E-state index in [0.29, 0.717) is 24.5 Å². The summed E-state index contributed by atoms with van der Waals surface area (Å²) in [6.07, 6.45) is 4.26. The molecule has 0 radical (unpaired) electrons. The first-order chi connectivity index (χ1) is 9.17. The maximum atomic E-state index is 12.7. The van der Waals surface area contributed by atoms with Gasteiger partial charge >= 0.3 is 0 Å². The molecular formula is C16H22O3. The Kier molecular flexibility index (Phi) is 4.59. The second kappa shape index (κ2) is 6.20. The van der Waals surface area contributed by atoms with E-state index in [1.54, 1.807) is 7.11 Å². The number of methoxy groups -OCH3 is 1. The highest BCUT2D eigenvalue weighted by molar-refractivity contribution is 6.02. The number of rotatable bonds is 6. The fourth-order valence-corrected chi connectivity index (χ4v) is 2.72. The van der Waals surface area contributed by atoms with E-state index < -0.39 is 0 Å². The quantitative estimate of drug-likeness (QED) is 0.581. The van der Waals surface area contributed by atoms with E-state index in [4.69, 9.17) is 9.47 Å². The average Bonchev–Trinajstić information content (AvgIpc) is 2.87. The van der Waals surface area contributed by atoms with E-state index in [9.17, 15) is 4.79 Å². The summed E-state index contributed by atoms with van der Waals surface area (Å²) < 4.78 is 10.6. The molecule has 1 aromatic rings. The van der Waals surface area contributed by atoms with Crippen LogP contribution in [0, 0.1) is 5.41 Å². The Morgan fingerprint density at radius 1 is 1.21 bits per heavy atom. The average molecular weight is 262 g/mol. The van der Waals surface area contributed by atoms with Crippen LogP contribution in [0.3, 0.4) is 0 Å². The van der Waals surface area contributed by atoms with Crippen molar-refractivity contribution in [1.82, 2.24) is 0 Å². The highest BCUT2D eigenvalue weighted by Crippen LogP contribution is 2.41. The molecule has 2 rings (SSSR count). The van der Waals surface area contributed by atoms with Crippen LogP contribution < -0.4 is 4.74 Å². The van der Waals surface area contributed by atoms with Gasteiger partial charge in [-0.1, -0.05) is 31.9 Å². The maximum absolute atomic E-state index is 12.7. The van der Waals surface area contributed by atoms with Gasteiger partial charge in [0, 0.05) is 12.5 Å². The predicted octanol–water partition coefficient (Wildman–Crippen LogP) is 3.47. The Labute approximate surface area is 114 Å². The van der Waals surface area contributed by atoms with Gasteiger partial charge in [0.25, 0.3) is 0 Å². The van der Waals surface area contributed by atoms with Gasteiger partial charge in [0.05, 0.1) is 12.2 Å². The molecule has 0 N–H and O–H groups in total. The third-order valence-electron chi connectivity index (χ3n) is 3.93. The van der Waals surface area contributed by atoms with Crippen molar-refractivity contribution >= 4 is 5.78 Å². The van der Waals surface area contributed by atoms with Gasteiger partial charge in [-0.05, 0) is 25.0 Å². The van der Waals surface area contributed by atoms with Gasteiger partial charge in [-0.3, -0.25) is 4.79 Å². The summed E-state index contributed by atoms with van der Waals surface area (Å²) in [5, 5.41) is 0. The number of Topliss-reactive ketones (excluding diaryl/α,β-unsaturated/α-hetero) is 1. The fourth-order valence-electron chi connectivity index (χ4n) is 2.72. The summed E-state index contributed by atoms with van der Waals surface area (Å²) in [5.74, 6) is 0.899. The zero-order valence-electron chi connectivity index (χ0n) is 11.8. The minimum Gasteiger partial charge on any atom is -0.490 e. The van der Waals surface area contributed by atoms with Crippen molar-refractivity contribution in [2.75, 3.05) is 20.3 Å². The number of carbonyl (C=O) groups excluding carboxylic acids is 1. The monoisotopic (exact) mass is 262 g/mol. The van der Waals surface area contributed by atoms with Crippen molar-refractivity contribution in [2.24, 2.45) is 5.41 Å². The molecule has 1 aromatic carbocycles. The van der Waals surface area contributed by atoms with Crippen LogP contribution in [0.25, 0.3) is 0 Å². The van der Waals surface area contributed by atoms with Crippen LogP contribution in [0.4, 0.5) is 0 Å². The molecule has 1 aliphatic rings. The summed E-state index contributed by atoms with van der Waals surface area (Å²) in [4.78, 5) is 12.7. The van der Waals surface area contributed by atoms with Crippen LogP contribution in [0.15, 0.2) is 24.3 Å². The standard InChI is InChI=1S/C16H22O3/c1-16(9-5-6-10-16)15(17)13-7-3-4-8-14(13)19-12-11-18-2/h3-4,7-8H,5-6,9-12H2,1-2H3. The Morgan fingerprint density at radius 3 is 2.58 bits per heavy atom. The zero-order chi connectivity index (χ0) is 13.7. The molecule has 3 nitrogen and oxygen atoms in total. The van der Waals surface area contributed by atoms with Crippen molar-refractivity contribution in [3.63, 3.8) is 0 Å². The van der Waals surface area contributed by atoms with E-state index in [2.05, 4.69) is 6.92 Å². The Balaban J connectivity index is 2.16. The molecule has 19 heavy (non-hydrogen) atoms. The first-order valence-electron chi connectivity index (χ1n) is 6.93. The molecule has 0 amide bonds. The number of hydrogen-bond donors (Lipinski definition) is 0. The summed E-state index contributed by atoms with van der Waals surface area (Å²) in [6.45, 7) is 3.07. The Morgan fingerprint density at radius 2 is 1.89 bits per heavy atom. The molecule has 3 heteroatoms. The summed E-state index contributed by atoms with van der Waals surface area (Å²) in [7, 11) is 1.64. The van der Waals surface area contributed by atoms with Gasteiger partial charge in [0.2, 0.25) is 0 Å². The van der Waals surface area contributed by atoms with Gasteiger partial charge in [0.15, 0.2) is 5.78 Å². The molecule has 0 aliphatic heterocycles. The molecule has 0 atom stereocenters. The van der Waals surface area contributed by atoms with Crippen LogP contribution >= 0.6 is 0 Å². The first kappa shape index (κ1) is 14.1. The van der Waals surface area contributed by atoms with Gasteiger partial charge in [-0.15, -0.1) is 0 Å². The predicted molar refractivity (Wildman–Crippen MR) is 74.7 cm³/mol. The number of hydrogen-bond acceptors (Lipinski definition) is 3. The molecule has 1 fully saturated rings. The lowest BCUT2D eigenvalue weighted by Gasteiger charge is -2.23. The summed E-state index contributed by atoms with van der Waals surface area (Å²) in [5.41, 5.74) is 0.503. The van der Waals surface area contributed by atoms with E-state index in [0.717, 1.165) is 25.7 Å². The topological polar surface area (TPSA) is 35.5 Å². The molecule has 0 aromatic heterocycles. The second-order valence-corrected chi connectivity index (χ2v) is 5.43.